The van der Waals surface area contributed by atoms with Crippen molar-refractivity contribution in [2.24, 2.45) is 0 Å². The predicted molar refractivity (Wildman–Crippen MR) is 67.6 cm³/mol. The van der Waals surface area contributed by atoms with E-state index in [-0.39, 0.29) is 0 Å². The van der Waals surface area contributed by atoms with Crippen LogP contribution in [0.3, 0.4) is 0 Å². The Hall–Kier alpha value is -0.693. The fourth-order valence-corrected chi connectivity index (χ4v) is 1.74. The largest absolute Gasteiger partial charge is 0.429 e. The highest BCUT2D eigenvalue weighted by Crippen LogP contribution is 2.29. The van der Waals surface area contributed by atoms with Gasteiger partial charge in [0, 0.05) is 26.9 Å². The number of hydrogen-bond donors (Lipinski definition) is 0. The third kappa shape index (κ3) is 3.38. The van der Waals surface area contributed by atoms with Crippen molar-refractivity contribution >= 4 is 16.2 Å². The van der Waals surface area contributed by atoms with E-state index >= 15 is 0 Å². The second-order valence-electron chi connectivity index (χ2n) is 3.86. The minimum Gasteiger partial charge on any atom is -0.429 e. The first-order chi connectivity index (χ1) is 7.80. The molecule has 0 aromatic heterocycles. The quantitative estimate of drug-likeness (QED) is 0.296. The molecule has 100 valence electrons. The standard InChI is InChI=1S/C11H22O5Si/c1-7-8(2)9(12)16-11(17,15-6)10(3,13-4)14-5/h7H,1-6,17H3. The molecule has 0 aromatic carbocycles. The molecule has 1 unspecified atom stereocenters. The molecule has 1 atom stereocenters. The number of esters is 1. The Morgan fingerprint density at radius 3 is 1.94 bits per heavy atom. The van der Waals surface area contributed by atoms with Crippen LogP contribution in [0.5, 0.6) is 0 Å². The van der Waals surface area contributed by atoms with Gasteiger partial charge < -0.3 is 18.9 Å². The average molecular weight is 262 g/mol. The summed E-state index contributed by atoms with van der Waals surface area (Å²) in [5, 5.41) is 0. The van der Waals surface area contributed by atoms with Crippen molar-refractivity contribution in [1.29, 1.82) is 0 Å². The summed E-state index contributed by atoms with van der Waals surface area (Å²) >= 11 is 0. The van der Waals surface area contributed by atoms with Gasteiger partial charge in [0.2, 0.25) is 11.2 Å². The van der Waals surface area contributed by atoms with Crippen LogP contribution in [0.2, 0.25) is 0 Å². The smallest absolute Gasteiger partial charge is 0.335 e. The maximum atomic E-state index is 11.8. The zero-order valence-electron chi connectivity index (χ0n) is 11.6. The molecule has 0 bridgehead atoms. The zero-order valence-corrected chi connectivity index (χ0v) is 13.6. The molecular formula is C11H22O5Si. The lowest BCUT2D eigenvalue weighted by molar-refractivity contribution is -0.336. The lowest BCUT2D eigenvalue weighted by atomic mass is 10.2. The molecule has 0 heterocycles. The molecule has 0 saturated carbocycles. The highest BCUT2D eigenvalue weighted by atomic mass is 28.1. The zero-order chi connectivity index (χ0) is 13.7. The minimum absolute atomic E-state index is 0.400. The van der Waals surface area contributed by atoms with E-state index < -0.39 is 17.2 Å². The van der Waals surface area contributed by atoms with Gasteiger partial charge in [-0.15, -0.1) is 0 Å². The van der Waals surface area contributed by atoms with E-state index in [0.29, 0.717) is 15.8 Å². The van der Waals surface area contributed by atoms with Gasteiger partial charge in [0.05, 0.1) is 0 Å². The maximum absolute atomic E-state index is 11.8. The van der Waals surface area contributed by atoms with Crippen molar-refractivity contribution in [1.82, 2.24) is 0 Å². The van der Waals surface area contributed by atoms with Crippen LogP contribution in [0.4, 0.5) is 0 Å². The van der Waals surface area contributed by atoms with Crippen molar-refractivity contribution in [3.63, 3.8) is 0 Å². The van der Waals surface area contributed by atoms with Crippen LogP contribution >= 0.6 is 0 Å². The SMILES string of the molecule is CC=C(C)C(=O)OC([SiH3])(OC)C(C)(OC)OC. The first kappa shape index (κ1) is 16.3. The molecule has 5 nitrogen and oxygen atoms in total. The number of hydrogen-bond acceptors (Lipinski definition) is 5. The molecule has 0 aliphatic carbocycles. The predicted octanol–water partition coefficient (Wildman–Crippen LogP) is 0.170. The van der Waals surface area contributed by atoms with Crippen molar-refractivity contribution in [3.05, 3.63) is 11.6 Å². The van der Waals surface area contributed by atoms with Crippen LogP contribution in [0.1, 0.15) is 20.8 Å². The topological polar surface area (TPSA) is 54.0 Å². The molecule has 0 aromatic rings. The van der Waals surface area contributed by atoms with E-state index in [4.69, 9.17) is 18.9 Å². The molecule has 6 heteroatoms. The fourth-order valence-electron chi connectivity index (χ4n) is 1.15. The van der Waals surface area contributed by atoms with Crippen molar-refractivity contribution in [2.45, 2.75) is 32.0 Å². The molecule has 0 aliphatic rings. The number of rotatable bonds is 6. The summed E-state index contributed by atoms with van der Waals surface area (Å²) in [6.45, 7) is 5.11. The van der Waals surface area contributed by atoms with Crippen LogP contribution in [-0.2, 0) is 23.7 Å². The van der Waals surface area contributed by atoms with Crippen LogP contribution in [0, 0.1) is 0 Å². The second kappa shape index (κ2) is 6.30. The van der Waals surface area contributed by atoms with Crippen LogP contribution in [0.15, 0.2) is 11.6 Å². The Balaban J connectivity index is 5.10. The average Bonchev–Trinajstić information content (AvgIpc) is 2.35. The van der Waals surface area contributed by atoms with Gasteiger partial charge in [-0.3, -0.25) is 0 Å². The van der Waals surface area contributed by atoms with Crippen LogP contribution < -0.4 is 0 Å². The van der Waals surface area contributed by atoms with Gasteiger partial charge in [-0.05, 0) is 20.8 Å². The lowest BCUT2D eigenvalue weighted by Gasteiger charge is -2.42. The Bertz CT molecular complexity index is 298. The first-order valence-corrected chi connectivity index (χ1v) is 6.32. The van der Waals surface area contributed by atoms with Gasteiger partial charge in [-0.1, -0.05) is 6.08 Å². The van der Waals surface area contributed by atoms with Gasteiger partial charge in [0.1, 0.15) is 10.2 Å². The first-order valence-electron chi connectivity index (χ1n) is 5.32. The highest BCUT2D eigenvalue weighted by molar-refractivity contribution is 6.15. The maximum Gasteiger partial charge on any atom is 0.335 e. The molecule has 0 spiro atoms. The molecule has 0 fully saturated rings. The van der Waals surface area contributed by atoms with Gasteiger partial charge in [-0.25, -0.2) is 4.79 Å². The summed E-state index contributed by atoms with van der Waals surface area (Å²) in [6.07, 6.45) is 1.68. The van der Waals surface area contributed by atoms with E-state index in [1.807, 2.05) is 0 Å². The number of ether oxygens (including phenoxy) is 4. The summed E-state index contributed by atoms with van der Waals surface area (Å²) in [5.74, 6) is -1.57. The molecule has 17 heavy (non-hydrogen) atoms. The summed E-state index contributed by atoms with van der Waals surface area (Å²) in [5.41, 5.74) is -0.686. The molecule has 0 N–H and O–H groups in total. The summed E-state index contributed by atoms with van der Waals surface area (Å²) in [6, 6.07) is 0. The van der Waals surface area contributed by atoms with E-state index in [9.17, 15) is 4.79 Å². The summed E-state index contributed by atoms with van der Waals surface area (Å²) in [7, 11) is 4.82. The Labute approximate surface area is 105 Å². The third-order valence-electron chi connectivity index (χ3n) is 3.04. The molecule has 0 saturated heterocycles. The summed E-state index contributed by atoms with van der Waals surface area (Å²) < 4.78 is 21.2. The van der Waals surface area contributed by atoms with Crippen LogP contribution in [-0.4, -0.2) is 48.7 Å². The van der Waals surface area contributed by atoms with Gasteiger partial charge in [0.25, 0.3) is 0 Å². The normalized spacial score (nSPS) is 16.7. The van der Waals surface area contributed by atoms with E-state index in [2.05, 4.69) is 0 Å². The van der Waals surface area contributed by atoms with E-state index in [1.54, 1.807) is 26.8 Å². The van der Waals surface area contributed by atoms with Crippen molar-refractivity contribution in [2.75, 3.05) is 21.3 Å². The molecule has 0 aliphatic heterocycles. The third-order valence-corrected chi connectivity index (χ3v) is 4.56. The molecular weight excluding hydrogens is 240 g/mol. The van der Waals surface area contributed by atoms with Crippen LogP contribution in [0.25, 0.3) is 0 Å². The minimum atomic E-state index is -1.20. The van der Waals surface area contributed by atoms with E-state index in [1.165, 1.54) is 21.3 Å². The molecule has 0 radical (unpaired) electrons. The van der Waals surface area contributed by atoms with Gasteiger partial charge in [0.15, 0.2) is 0 Å². The monoisotopic (exact) mass is 262 g/mol. The number of carbonyl (C=O) groups is 1. The fraction of sp³-hybridized carbons (Fsp3) is 0.727. The Morgan fingerprint density at radius 1 is 1.18 bits per heavy atom. The summed E-state index contributed by atoms with van der Waals surface area (Å²) in [4.78, 5) is 11.8. The van der Waals surface area contributed by atoms with Gasteiger partial charge >= 0.3 is 5.97 Å². The number of carbonyl (C=O) groups excluding carboxylic acids is 1. The lowest BCUT2D eigenvalue weighted by Crippen LogP contribution is -2.59. The van der Waals surface area contributed by atoms with E-state index in [0.717, 1.165) is 0 Å². The Kier molecular flexibility index (Phi) is 6.04. The number of methoxy groups -OCH3 is 3. The Morgan fingerprint density at radius 2 is 1.65 bits per heavy atom. The highest BCUT2D eigenvalue weighted by Gasteiger charge is 2.49. The van der Waals surface area contributed by atoms with Crippen molar-refractivity contribution < 1.29 is 23.7 Å². The van der Waals surface area contributed by atoms with Gasteiger partial charge in [-0.2, -0.15) is 0 Å². The molecule has 0 rings (SSSR count). The second-order valence-corrected chi connectivity index (χ2v) is 5.18. The number of allylic oxidation sites excluding steroid dienone is 1. The van der Waals surface area contributed by atoms with Crippen molar-refractivity contribution in [3.8, 4) is 0 Å². The molecule has 0 amide bonds.